The summed E-state index contributed by atoms with van der Waals surface area (Å²) in [5, 5.41) is 9.28. The molecule has 0 unspecified atom stereocenters. The number of ether oxygens (including phenoxy) is 2. The Balaban J connectivity index is 0.000000140. The SMILES string of the molecule is C1=Cc2ccccc2[N-]c2ccccc21.C1=Cc2ccccc2[N-]c2ccccc21.C1CCOC1.C1CCOC1.[Mg+2]. The molecule has 0 N–H and O–H groups in total. The van der Waals surface area contributed by atoms with Crippen LogP contribution in [0.3, 0.4) is 0 Å². The molecule has 4 aromatic carbocycles. The Hall–Kier alpha value is -3.35. The van der Waals surface area contributed by atoms with Gasteiger partial charge in [-0.1, -0.05) is 121 Å². The Kier molecular flexibility index (Phi) is 12.5. The van der Waals surface area contributed by atoms with Crippen molar-refractivity contribution in [3.05, 3.63) is 130 Å². The number of nitrogens with zero attached hydrogens (tertiary/aromatic N) is 2. The number of hydrogen-bond donors (Lipinski definition) is 0. The van der Waals surface area contributed by atoms with E-state index in [0.717, 1.165) is 49.2 Å². The Labute approximate surface area is 260 Å². The summed E-state index contributed by atoms with van der Waals surface area (Å²) in [7, 11) is 0. The fraction of sp³-hybridized carbons (Fsp3) is 0.222. The van der Waals surface area contributed by atoms with Crippen LogP contribution in [0.25, 0.3) is 34.9 Å². The fourth-order valence-electron chi connectivity index (χ4n) is 4.56. The van der Waals surface area contributed by atoms with Gasteiger partial charge in [0.1, 0.15) is 0 Å². The van der Waals surface area contributed by atoms with Gasteiger partial charge in [0, 0.05) is 26.4 Å². The third-order valence-corrected chi connectivity index (χ3v) is 6.77. The molecule has 0 bridgehead atoms. The van der Waals surface area contributed by atoms with Crippen molar-refractivity contribution in [2.45, 2.75) is 25.7 Å². The molecular weight excluding hydrogens is 517 g/mol. The normalized spacial score (nSPS) is 14.8. The topological polar surface area (TPSA) is 46.7 Å². The van der Waals surface area contributed by atoms with Crippen molar-refractivity contribution in [1.29, 1.82) is 0 Å². The summed E-state index contributed by atoms with van der Waals surface area (Å²) in [5.41, 5.74) is 8.86. The van der Waals surface area contributed by atoms with E-state index in [-0.39, 0.29) is 23.1 Å². The molecule has 0 atom stereocenters. The zero-order chi connectivity index (χ0) is 27.2. The van der Waals surface area contributed by atoms with Gasteiger partial charge in [-0.05, 0) is 47.9 Å². The van der Waals surface area contributed by atoms with Crippen LogP contribution in [0.1, 0.15) is 47.9 Å². The summed E-state index contributed by atoms with van der Waals surface area (Å²) in [6.07, 6.45) is 13.6. The van der Waals surface area contributed by atoms with E-state index < -0.39 is 0 Å². The molecule has 0 amide bonds. The molecule has 4 heterocycles. The number of hydrogen-bond acceptors (Lipinski definition) is 2. The molecule has 204 valence electrons. The van der Waals surface area contributed by atoms with Gasteiger partial charge in [-0.15, -0.1) is 22.7 Å². The van der Waals surface area contributed by atoms with E-state index in [4.69, 9.17) is 9.47 Å². The third-order valence-electron chi connectivity index (χ3n) is 6.77. The number of fused-ring (bicyclic) bond motifs is 4. The van der Waals surface area contributed by atoms with Gasteiger partial charge in [-0.25, -0.2) is 0 Å². The first-order valence-corrected chi connectivity index (χ1v) is 14.2. The van der Waals surface area contributed by atoms with Crippen molar-refractivity contribution in [1.82, 2.24) is 0 Å². The first kappa shape index (κ1) is 30.6. The Morgan fingerprint density at radius 3 is 0.829 bits per heavy atom. The van der Waals surface area contributed by atoms with Crippen LogP contribution in [0.15, 0.2) is 97.1 Å². The average Bonchev–Trinajstić information content (AvgIpc) is 3.74. The molecule has 2 fully saturated rings. The number of para-hydroxylation sites is 4. The van der Waals surface area contributed by atoms with Gasteiger partial charge in [0.25, 0.3) is 0 Å². The van der Waals surface area contributed by atoms with Gasteiger partial charge in [-0.2, -0.15) is 0 Å². The zero-order valence-electron chi connectivity index (χ0n) is 23.6. The molecule has 0 radical (unpaired) electrons. The van der Waals surface area contributed by atoms with Crippen LogP contribution in [0.5, 0.6) is 0 Å². The summed E-state index contributed by atoms with van der Waals surface area (Å²) in [6, 6.07) is 32.7. The average molecular weight is 553 g/mol. The molecule has 2 saturated heterocycles. The molecule has 0 saturated carbocycles. The molecule has 8 rings (SSSR count). The van der Waals surface area contributed by atoms with Gasteiger partial charge in [0.15, 0.2) is 0 Å². The van der Waals surface area contributed by atoms with Crippen molar-refractivity contribution in [3.63, 3.8) is 0 Å². The molecule has 4 aliphatic heterocycles. The summed E-state index contributed by atoms with van der Waals surface area (Å²) in [6.45, 7) is 4.00. The minimum atomic E-state index is 0. The van der Waals surface area contributed by atoms with E-state index in [9.17, 15) is 0 Å². The van der Waals surface area contributed by atoms with Crippen molar-refractivity contribution >= 4 is 70.1 Å². The van der Waals surface area contributed by atoms with Crippen LogP contribution in [0.2, 0.25) is 0 Å². The van der Waals surface area contributed by atoms with Gasteiger partial charge in [-0.3, -0.25) is 0 Å². The smallest absolute Gasteiger partial charge is 0.657 e. The molecular formula is C36H36MgN2O2. The largest absolute Gasteiger partial charge is 2.00 e. The van der Waals surface area contributed by atoms with Crippen LogP contribution < -0.4 is 0 Å². The van der Waals surface area contributed by atoms with E-state index in [1.807, 2.05) is 72.8 Å². The predicted molar refractivity (Wildman–Crippen MR) is 175 cm³/mol. The molecule has 4 nitrogen and oxygen atoms in total. The first-order chi connectivity index (χ1) is 19.9. The molecule has 4 aliphatic rings. The second-order valence-electron chi connectivity index (χ2n) is 9.76. The van der Waals surface area contributed by atoms with Gasteiger partial charge >= 0.3 is 23.1 Å². The number of benzene rings is 4. The van der Waals surface area contributed by atoms with E-state index in [1.54, 1.807) is 0 Å². The zero-order valence-corrected chi connectivity index (χ0v) is 25.0. The van der Waals surface area contributed by atoms with Crippen LogP contribution in [-0.2, 0) is 9.47 Å². The summed E-state index contributed by atoms with van der Waals surface area (Å²) < 4.78 is 9.89. The molecule has 0 spiro atoms. The van der Waals surface area contributed by atoms with Gasteiger partial charge in [0.2, 0.25) is 0 Å². The maximum Gasteiger partial charge on any atom is 2.00 e. The molecule has 41 heavy (non-hydrogen) atoms. The number of rotatable bonds is 0. The van der Waals surface area contributed by atoms with Gasteiger partial charge < -0.3 is 20.1 Å². The second kappa shape index (κ2) is 16.8. The second-order valence-corrected chi connectivity index (χ2v) is 9.76. The van der Waals surface area contributed by atoms with Crippen molar-refractivity contribution in [3.8, 4) is 0 Å². The minimum absolute atomic E-state index is 0. The summed E-state index contributed by atoms with van der Waals surface area (Å²) in [5.74, 6) is 0. The van der Waals surface area contributed by atoms with Crippen LogP contribution >= 0.6 is 0 Å². The van der Waals surface area contributed by atoms with E-state index in [1.165, 1.54) is 47.9 Å². The van der Waals surface area contributed by atoms with E-state index >= 15 is 0 Å². The van der Waals surface area contributed by atoms with E-state index in [2.05, 4.69) is 59.2 Å². The molecule has 0 aromatic heterocycles. The van der Waals surface area contributed by atoms with Gasteiger partial charge in [0.05, 0.1) is 0 Å². The minimum Gasteiger partial charge on any atom is -0.657 e. The van der Waals surface area contributed by atoms with Crippen molar-refractivity contribution in [2.75, 3.05) is 26.4 Å². The van der Waals surface area contributed by atoms with Crippen LogP contribution in [0.4, 0.5) is 22.7 Å². The van der Waals surface area contributed by atoms with Crippen molar-refractivity contribution < 1.29 is 9.47 Å². The molecule has 0 aliphatic carbocycles. The Bertz CT molecular complexity index is 1210. The fourth-order valence-corrected chi connectivity index (χ4v) is 4.56. The first-order valence-electron chi connectivity index (χ1n) is 14.2. The maximum absolute atomic E-state index is 4.94. The summed E-state index contributed by atoms with van der Waals surface area (Å²) >= 11 is 0. The molecule has 4 aromatic rings. The standard InChI is InChI=1S/2C14H10N.2C4H8O.Mg/c2*1-3-7-13-11(5-1)9-10-12-6-2-4-8-14(12)15-13;2*1-2-4-5-3-1;/h2*1-10H;2*1-4H2;/q2*-1;;;+2. The Morgan fingerprint density at radius 1 is 0.366 bits per heavy atom. The predicted octanol–water partition coefficient (Wildman–Crippen LogP) is 10.2. The van der Waals surface area contributed by atoms with Crippen molar-refractivity contribution in [2.24, 2.45) is 0 Å². The van der Waals surface area contributed by atoms with Crippen LogP contribution in [-0.4, -0.2) is 49.5 Å². The maximum atomic E-state index is 4.94. The molecule has 5 heteroatoms. The third kappa shape index (κ3) is 9.33. The Morgan fingerprint density at radius 2 is 0.610 bits per heavy atom. The van der Waals surface area contributed by atoms with E-state index in [0.29, 0.717) is 0 Å². The van der Waals surface area contributed by atoms with Crippen LogP contribution in [0, 0.1) is 0 Å². The summed E-state index contributed by atoms with van der Waals surface area (Å²) in [4.78, 5) is 0. The monoisotopic (exact) mass is 552 g/mol. The quantitative estimate of drug-likeness (QED) is 0.176.